The van der Waals surface area contributed by atoms with E-state index in [1.165, 1.54) is 23.3 Å². The number of carbonyl (C=O) groups is 3. The second-order valence-electron chi connectivity index (χ2n) is 10.4. The molecule has 1 aliphatic heterocycles. The number of urea groups is 1. The number of nitrogens with two attached hydrogens (primary N) is 1. The fraction of sp³-hybridized carbons (Fsp3) is 0.640. The quantitative estimate of drug-likeness (QED) is 0.648. The van der Waals surface area contributed by atoms with Gasteiger partial charge in [0, 0.05) is 25.7 Å². The zero-order valence-electron chi connectivity index (χ0n) is 20.1. The van der Waals surface area contributed by atoms with E-state index in [1.54, 1.807) is 11.9 Å². The molecule has 8 heteroatoms. The zero-order valence-corrected chi connectivity index (χ0v) is 20.1. The summed E-state index contributed by atoms with van der Waals surface area (Å²) in [5.74, 6) is -0.236. The lowest BCUT2D eigenvalue weighted by Crippen LogP contribution is -2.55. The van der Waals surface area contributed by atoms with Crippen molar-refractivity contribution in [1.82, 2.24) is 19.6 Å². The standard InChI is InChI=1S/C25H37N5O3/c1-27(2)25(20-7-5-4-6-8-20)13-11-24(12-14-25)18-29(17-22(32)28(3)16-21(26)31)23(33)30(24)15-19-9-10-19/h4-8,19H,9-18H2,1-3H3,(H2,26,31)/t24-,25-. The highest BCUT2D eigenvalue weighted by Crippen LogP contribution is 2.49. The molecule has 4 amide bonds. The van der Waals surface area contributed by atoms with Gasteiger partial charge in [0.15, 0.2) is 0 Å². The van der Waals surface area contributed by atoms with Crippen LogP contribution in [-0.2, 0) is 15.1 Å². The normalized spacial score (nSPS) is 27.5. The van der Waals surface area contributed by atoms with Crippen molar-refractivity contribution in [2.45, 2.75) is 49.6 Å². The van der Waals surface area contributed by atoms with Crippen LogP contribution in [0.1, 0.15) is 44.1 Å². The minimum Gasteiger partial charge on any atom is -0.368 e. The van der Waals surface area contributed by atoms with Crippen LogP contribution < -0.4 is 5.73 Å². The Labute approximate surface area is 196 Å². The van der Waals surface area contributed by atoms with Crippen LogP contribution in [0.15, 0.2) is 30.3 Å². The van der Waals surface area contributed by atoms with E-state index in [0.717, 1.165) is 32.2 Å². The molecule has 4 rings (SSSR count). The molecular formula is C25H37N5O3. The maximum atomic E-state index is 13.5. The SMILES string of the molecule is CN(CC(N)=O)C(=O)CN1C[C@]2(CC[C@@](c3ccccc3)(N(C)C)CC2)N(CC2CC2)C1=O. The molecule has 33 heavy (non-hydrogen) atoms. The summed E-state index contributed by atoms with van der Waals surface area (Å²) in [6.07, 6.45) is 6.07. The van der Waals surface area contributed by atoms with Gasteiger partial charge in [-0.15, -0.1) is 0 Å². The summed E-state index contributed by atoms with van der Waals surface area (Å²) in [5.41, 5.74) is 6.27. The summed E-state index contributed by atoms with van der Waals surface area (Å²) in [6, 6.07) is 10.6. The van der Waals surface area contributed by atoms with Crippen LogP contribution in [0.3, 0.4) is 0 Å². The Balaban J connectivity index is 1.53. The fourth-order valence-electron chi connectivity index (χ4n) is 5.74. The van der Waals surface area contributed by atoms with Crippen molar-refractivity contribution in [1.29, 1.82) is 0 Å². The molecule has 3 aliphatic rings. The number of primary amides is 1. The van der Waals surface area contributed by atoms with Crippen molar-refractivity contribution in [2.24, 2.45) is 11.7 Å². The summed E-state index contributed by atoms with van der Waals surface area (Å²) in [5, 5.41) is 0. The van der Waals surface area contributed by atoms with Gasteiger partial charge in [0.1, 0.15) is 6.54 Å². The predicted octanol–water partition coefficient (Wildman–Crippen LogP) is 1.85. The molecule has 180 valence electrons. The number of hydrogen-bond acceptors (Lipinski definition) is 4. The van der Waals surface area contributed by atoms with Crippen LogP contribution in [0, 0.1) is 5.92 Å². The van der Waals surface area contributed by atoms with E-state index in [9.17, 15) is 14.4 Å². The first-order valence-electron chi connectivity index (χ1n) is 12.0. The summed E-state index contributed by atoms with van der Waals surface area (Å²) in [6.45, 7) is 1.19. The average Bonchev–Trinajstić information content (AvgIpc) is 3.57. The number of nitrogens with zero attached hydrogens (tertiary/aromatic N) is 4. The van der Waals surface area contributed by atoms with E-state index < -0.39 is 5.91 Å². The van der Waals surface area contributed by atoms with Crippen molar-refractivity contribution < 1.29 is 14.4 Å². The number of rotatable bonds is 8. The summed E-state index contributed by atoms with van der Waals surface area (Å²) in [7, 11) is 5.84. The van der Waals surface area contributed by atoms with Gasteiger partial charge in [-0.25, -0.2) is 4.79 Å². The largest absolute Gasteiger partial charge is 0.368 e. The van der Waals surface area contributed by atoms with Gasteiger partial charge in [0.25, 0.3) is 0 Å². The van der Waals surface area contributed by atoms with Gasteiger partial charge >= 0.3 is 6.03 Å². The van der Waals surface area contributed by atoms with E-state index >= 15 is 0 Å². The van der Waals surface area contributed by atoms with Crippen molar-refractivity contribution in [3.8, 4) is 0 Å². The summed E-state index contributed by atoms with van der Waals surface area (Å²) in [4.78, 5) is 44.7. The Bertz CT molecular complexity index is 891. The molecule has 1 aromatic rings. The molecule has 2 N–H and O–H groups in total. The minimum absolute atomic E-state index is 0.0109. The molecule has 0 aromatic heterocycles. The fourth-order valence-corrected chi connectivity index (χ4v) is 5.74. The first-order valence-corrected chi connectivity index (χ1v) is 12.0. The molecule has 0 bridgehead atoms. The van der Waals surface area contributed by atoms with Crippen LogP contribution in [0.25, 0.3) is 0 Å². The Morgan fingerprint density at radius 1 is 1.06 bits per heavy atom. The van der Waals surface area contributed by atoms with Crippen LogP contribution in [0.2, 0.25) is 0 Å². The highest BCUT2D eigenvalue weighted by Gasteiger charge is 2.55. The first kappa shape index (κ1) is 23.5. The molecule has 1 saturated heterocycles. The zero-order chi connectivity index (χ0) is 23.8. The summed E-state index contributed by atoms with van der Waals surface area (Å²) < 4.78 is 0. The van der Waals surface area contributed by atoms with Crippen molar-refractivity contribution >= 4 is 17.8 Å². The van der Waals surface area contributed by atoms with Gasteiger partial charge in [0.2, 0.25) is 11.8 Å². The molecule has 1 spiro atoms. The van der Waals surface area contributed by atoms with Gasteiger partial charge in [-0.3, -0.25) is 14.5 Å². The maximum Gasteiger partial charge on any atom is 0.321 e. The van der Waals surface area contributed by atoms with Gasteiger partial charge in [-0.2, -0.15) is 0 Å². The molecule has 3 fully saturated rings. The molecule has 8 nitrogen and oxygen atoms in total. The molecule has 1 heterocycles. The lowest BCUT2D eigenvalue weighted by Gasteiger charge is -2.51. The lowest BCUT2D eigenvalue weighted by molar-refractivity contribution is -0.134. The average molecular weight is 456 g/mol. The number of benzene rings is 1. The molecule has 1 aromatic carbocycles. The Hall–Kier alpha value is -2.61. The van der Waals surface area contributed by atoms with E-state index in [1.807, 2.05) is 6.07 Å². The minimum atomic E-state index is -0.557. The third kappa shape index (κ3) is 4.58. The van der Waals surface area contributed by atoms with Gasteiger partial charge in [-0.1, -0.05) is 30.3 Å². The second-order valence-corrected chi connectivity index (χ2v) is 10.4. The molecule has 0 radical (unpaired) electrons. The van der Waals surface area contributed by atoms with Crippen LogP contribution >= 0.6 is 0 Å². The van der Waals surface area contributed by atoms with Crippen LogP contribution in [0.4, 0.5) is 4.79 Å². The third-order valence-corrected chi connectivity index (χ3v) is 8.02. The van der Waals surface area contributed by atoms with Gasteiger partial charge in [0.05, 0.1) is 12.1 Å². The van der Waals surface area contributed by atoms with Crippen molar-refractivity contribution in [3.05, 3.63) is 35.9 Å². The number of carbonyl (C=O) groups excluding carboxylic acids is 3. The molecule has 2 aliphatic carbocycles. The second kappa shape index (κ2) is 8.97. The first-order chi connectivity index (χ1) is 15.7. The Morgan fingerprint density at radius 3 is 2.24 bits per heavy atom. The van der Waals surface area contributed by atoms with E-state index in [2.05, 4.69) is 48.2 Å². The van der Waals surface area contributed by atoms with Crippen LogP contribution in [0.5, 0.6) is 0 Å². The molecule has 0 unspecified atom stereocenters. The number of hydrogen-bond donors (Lipinski definition) is 1. The topological polar surface area (TPSA) is 90.2 Å². The predicted molar refractivity (Wildman–Crippen MR) is 126 cm³/mol. The molecule has 2 saturated carbocycles. The van der Waals surface area contributed by atoms with Crippen molar-refractivity contribution in [2.75, 3.05) is 47.3 Å². The monoisotopic (exact) mass is 455 g/mol. The van der Waals surface area contributed by atoms with Crippen molar-refractivity contribution in [3.63, 3.8) is 0 Å². The smallest absolute Gasteiger partial charge is 0.321 e. The van der Waals surface area contributed by atoms with E-state index in [4.69, 9.17) is 5.73 Å². The third-order valence-electron chi connectivity index (χ3n) is 8.02. The summed E-state index contributed by atoms with van der Waals surface area (Å²) >= 11 is 0. The Morgan fingerprint density at radius 2 is 1.70 bits per heavy atom. The lowest BCUT2D eigenvalue weighted by atomic mass is 9.68. The van der Waals surface area contributed by atoms with E-state index in [0.29, 0.717) is 12.5 Å². The maximum absolute atomic E-state index is 13.5. The highest BCUT2D eigenvalue weighted by molar-refractivity contribution is 5.88. The number of likely N-dealkylation sites (N-methyl/N-ethyl adjacent to an activating group) is 1. The number of amides is 4. The highest BCUT2D eigenvalue weighted by atomic mass is 16.2. The molecule has 0 atom stereocenters. The van der Waals surface area contributed by atoms with Gasteiger partial charge in [-0.05, 0) is 64.1 Å². The van der Waals surface area contributed by atoms with Gasteiger partial charge < -0.3 is 20.4 Å². The van der Waals surface area contributed by atoms with E-state index in [-0.39, 0.29) is 36.1 Å². The molecular weight excluding hydrogens is 418 g/mol. The Kier molecular flexibility index (Phi) is 6.40. The van der Waals surface area contributed by atoms with Crippen LogP contribution in [-0.4, -0.2) is 90.3 Å².